The highest BCUT2D eigenvalue weighted by atomic mass is 19.1. The van der Waals surface area contributed by atoms with Gasteiger partial charge in [0, 0.05) is 36.7 Å². The van der Waals surface area contributed by atoms with Crippen LogP contribution in [0.2, 0.25) is 0 Å². The van der Waals surface area contributed by atoms with E-state index in [1.165, 1.54) is 17.0 Å². The summed E-state index contributed by atoms with van der Waals surface area (Å²) in [6.45, 7) is 1.36. The SMILES string of the molecule is CN1CCN(C(=O)Cc2c[nH]c3cc(F)ccc23)[C@H](C(=O)O)C1. The van der Waals surface area contributed by atoms with E-state index in [9.17, 15) is 19.1 Å². The van der Waals surface area contributed by atoms with E-state index >= 15 is 0 Å². The molecule has 1 fully saturated rings. The van der Waals surface area contributed by atoms with E-state index in [-0.39, 0.29) is 18.1 Å². The number of rotatable bonds is 3. The Morgan fingerprint density at radius 1 is 1.39 bits per heavy atom. The molecule has 0 saturated carbocycles. The number of carboxylic acids is 1. The van der Waals surface area contributed by atoms with Crippen LogP contribution in [0.1, 0.15) is 5.56 Å². The maximum Gasteiger partial charge on any atom is 0.327 e. The van der Waals surface area contributed by atoms with E-state index in [2.05, 4.69) is 4.98 Å². The van der Waals surface area contributed by atoms with Gasteiger partial charge in [-0.1, -0.05) is 0 Å². The monoisotopic (exact) mass is 319 g/mol. The van der Waals surface area contributed by atoms with E-state index in [0.717, 1.165) is 10.9 Å². The van der Waals surface area contributed by atoms with Crippen LogP contribution in [0, 0.1) is 5.82 Å². The molecule has 1 aromatic carbocycles. The van der Waals surface area contributed by atoms with Crippen LogP contribution in [-0.2, 0) is 16.0 Å². The molecular formula is C16H18FN3O3. The zero-order chi connectivity index (χ0) is 16.6. The first kappa shape index (κ1) is 15.5. The number of aromatic nitrogens is 1. The number of benzene rings is 1. The lowest BCUT2D eigenvalue weighted by Crippen LogP contribution is -2.57. The van der Waals surface area contributed by atoms with Gasteiger partial charge in [0.1, 0.15) is 11.9 Å². The Morgan fingerprint density at radius 2 is 2.17 bits per heavy atom. The number of H-pyrrole nitrogens is 1. The minimum absolute atomic E-state index is 0.0964. The van der Waals surface area contributed by atoms with Crippen LogP contribution < -0.4 is 0 Å². The number of piperazine rings is 1. The van der Waals surface area contributed by atoms with Gasteiger partial charge < -0.3 is 19.9 Å². The minimum atomic E-state index is -0.995. The molecule has 1 atom stereocenters. The maximum absolute atomic E-state index is 13.2. The Bertz CT molecular complexity index is 758. The number of aliphatic carboxylic acids is 1. The number of carboxylic acid groups (broad SMARTS) is 1. The summed E-state index contributed by atoms with van der Waals surface area (Å²) in [4.78, 5) is 30.2. The van der Waals surface area contributed by atoms with Gasteiger partial charge in [0.2, 0.25) is 5.91 Å². The Balaban J connectivity index is 1.81. The fourth-order valence-corrected chi connectivity index (χ4v) is 3.00. The number of hydrogen-bond acceptors (Lipinski definition) is 3. The summed E-state index contributed by atoms with van der Waals surface area (Å²) in [6.07, 6.45) is 1.77. The number of carbonyl (C=O) groups is 2. The third kappa shape index (κ3) is 3.05. The number of amides is 1. The van der Waals surface area contributed by atoms with E-state index < -0.39 is 12.0 Å². The zero-order valence-electron chi connectivity index (χ0n) is 12.8. The molecule has 0 aliphatic carbocycles. The summed E-state index contributed by atoms with van der Waals surface area (Å²) < 4.78 is 13.2. The van der Waals surface area contributed by atoms with Crippen LogP contribution in [0.4, 0.5) is 4.39 Å². The Kier molecular flexibility index (Phi) is 4.04. The summed E-state index contributed by atoms with van der Waals surface area (Å²) in [7, 11) is 1.84. The second-order valence-electron chi connectivity index (χ2n) is 5.88. The van der Waals surface area contributed by atoms with Crippen molar-refractivity contribution < 1.29 is 19.1 Å². The Labute approximate surface area is 132 Å². The maximum atomic E-state index is 13.2. The normalized spacial score (nSPS) is 19.2. The molecule has 0 unspecified atom stereocenters. The van der Waals surface area contributed by atoms with E-state index in [1.807, 2.05) is 11.9 Å². The fourth-order valence-electron chi connectivity index (χ4n) is 3.00. The number of aromatic amines is 1. The summed E-state index contributed by atoms with van der Waals surface area (Å²) in [5, 5.41) is 10.1. The molecule has 6 nitrogen and oxygen atoms in total. The molecule has 0 spiro atoms. The van der Waals surface area contributed by atoms with Crippen LogP contribution >= 0.6 is 0 Å². The van der Waals surface area contributed by atoms with Crippen molar-refractivity contribution in [2.45, 2.75) is 12.5 Å². The second-order valence-corrected chi connectivity index (χ2v) is 5.88. The molecule has 0 radical (unpaired) electrons. The Hall–Kier alpha value is -2.41. The zero-order valence-corrected chi connectivity index (χ0v) is 12.8. The molecule has 0 bridgehead atoms. The number of halogens is 1. The molecule has 122 valence electrons. The molecule has 2 heterocycles. The van der Waals surface area contributed by atoms with Crippen molar-refractivity contribution in [2.24, 2.45) is 0 Å². The predicted molar refractivity (Wildman–Crippen MR) is 82.6 cm³/mol. The number of nitrogens with zero attached hydrogens (tertiary/aromatic N) is 2. The molecule has 1 saturated heterocycles. The second kappa shape index (κ2) is 6.00. The van der Waals surface area contributed by atoms with Gasteiger partial charge in [-0.15, -0.1) is 0 Å². The van der Waals surface area contributed by atoms with Gasteiger partial charge >= 0.3 is 5.97 Å². The molecule has 2 aromatic rings. The summed E-state index contributed by atoms with van der Waals surface area (Å²) in [6, 6.07) is 3.52. The number of hydrogen-bond donors (Lipinski definition) is 2. The lowest BCUT2D eigenvalue weighted by Gasteiger charge is -2.37. The third-order valence-electron chi connectivity index (χ3n) is 4.26. The van der Waals surface area contributed by atoms with Crippen molar-refractivity contribution in [1.82, 2.24) is 14.8 Å². The predicted octanol–water partition coefficient (Wildman–Crippen LogP) is 1.08. The first-order valence-electron chi connectivity index (χ1n) is 7.42. The molecule has 1 amide bonds. The Morgan fingerprint density at radius 3 is 2.91 bits per heavy atom. The summed E-state index contributed by atoms with van der Waals surface area (Å²) in [5.74, 6) is -1.57. The standard InChI is InChI=1S/C16H18FN3O3/c1-19-4-5-20(14(9-19)16(22)23)15(21)6-10-8-18-13-7-11(17)2-3-12(10)13/h2-3,7-8,14,18H,4-6,9H2,1H3,(H,22,23)/t14-/m0/s1. The smallest absolute Gasteiger partial charge is 0.327 e. The fraction of sp³-hybridized carbons (Fsp3) is 0.375. The van der Waals surface area contributed by atoms with Crippen molar-refractivity contribution in [3.05, 3.63) is 35.8 Å². The van der Waals surface area contributed by atoms with Crippen molar-refractivity contribution in [2.75, 3.05) is 26.7 Å². The van der Waals surface area contributed by atoms with Gasteiger partial charge in [-0.2, -0.15) is 0 Å². The summed E-state index contributed by atoms with van der Waals surface area (Å²) in [5.41, 5.74) is 1.37. The lowest BCUT2D eigenvalue weighted by molar-refractivity contribution is -0.153. The van der Waals surface area contributed by atoms with E-state index in [0.29, 0.717) is 25.2 Å². The van der Waals surface area contributed by atoms with Crippen LogP contribution in [0.3, 0.4) is 0 Å². The van der Waals surface area contributed by atoms with Crippen molar-refractivity contribution >= 4 is 22.8 Å². The topological polar surface area (TPSA) is 76.6 Å². The molecule has 7 heteroatoms. The van der Waals surface area contributed by atoms with Crippen molar-refractivity contribution in [1.29, 1.82) is 0 Å². The molecule has 1 aromatic heterocycles. The number of carbonyl (C=O) groups excluding carboxylic acids is 1. The number of fused-ring (bicyclic) bond motifs is 1. The van der Waals surface area contributed by atoms with E-state index in [1.54, 1.807) is 12.3 Å². The first-order chi connectivity index (χ1) is 11.0. The number of nitrogens with one attached hydrogen (secondary N) is 1. The molecule has 1 aliphatic heterocycles. The molecular weight excluding hydrogens is 301 g/mol. The van der Waals surface area contributed by atoms with Crippen LogP contribution in [-0.4, -0.2) is 64.5 Å². The highest BCUT2D eigenvalue weighted by Gasteiger charge is 2.34. The van der Waals surface area contributed by atoms with Crippen LogP contribution in [0.15, 0.2) is 24.4 Å². The molecule has 3 rings (SSSR count). The molecule has 2 N–H and O–H groups in total. The largest absolute Gasteiger partial charge is 0.480 e. The quantitative estimate of drug-likeness (QED) is 0.887. The number of likely N-dealkylation sites (N-methyl/N-ethyl adjacent to an activating group) is 1. The molecule has 23 heavy (non-hydrogen) atoms. The first-order valence-corrected chi connectivity index (χ1v) is 7.42. The van der Waals surface area contributed by atoms with Gasteiger partial charge in [0.15, 0.2) is 0 Å². The van der Waals surface area contributed by atoms with Gasteiger partial charge in [0.05, 0.1) is 6.42 Å². The van der Waals surface area contributed by atoms with Crippen molar-refractivity contribution in [3.63, 3.8) is 0 Å². The van der Waals surface area contributed by atoms with Crippen molar-refractivity contribution in [3.8, 4) is 0 Å². The average Bonchev–Trinajstić information content (AvgIpc) is 2.89. The van der Waals surface area contributed by atoms with Crippen LogP contribution in [0.5, 0.6) is 0 Å². The van der Waals surface area contributed by atoms with E-state index in [4.69, 9.17) is 0 Å². The summed E-state index contributed by atoms with van der Waals surface area (Å²) >= 11 is 0. The average molecular weight is 319 g/mol. The lowest BCUT2D eigenvalue weighted by atomic mass is 10.1. The third-order valence-corrected chi connectivity index (χ3v) is 4.26. The van der Waals surface area contributed by atoms with Gasteiger partial charge in [0.25, 0.3) is 0 Å². The van der Waals surface area contributed by atoms with Crippen LogP contribution in [0.25, 0.3) is 10.9 Å². The highest BCUT2D eigenvalue weighted by Crippen LogP contribution is 2.21. The minimum Gasteiger partial charge on any atom is -0.480 e. The van der Waals surface area contributed by atoms with Gasteiger partial charge in [-0.3, -0.25) is 4.79 Å². The molecule has 1 aliphatic rings. The van der Waals surface area contributed by atoms with Gasteiger partial charge in [-0.05, 0) is 30.8 Å². The van der Waals surface area contributed by atoms with Gasteiger partial charge in [-0.25, -0.2) is 9.18 Å². The highest BCUT2D eigenvalue weighted by molar-refractivity contribution is 5.90.